The predicted octanol–water partition coefficient (Wildman–Crippen LogP) is 0.575. The lowest BCUT2D eigenvalue weighted by Gasteiger charge is -2.11. The first-order chi connectivity index (χ1) is 7.13. The van der Waals surface area contributed by atoms with E-state index in [1.165, 1.54) is 11.8 Å². The van der Waals surface area contributed by atoms with Crippen molar-refractivity contribution in [2.24, 2.45) is 7.05 Å². The van der Waals surface area contributed by atoms with Crippen molar-refractivity contribution >= 4 is 17.7 Å². The second-order valence-electron chi connectivity index (χ2n) is 3.11. The van der Waals surface area contributed by atoms with Gasteiger partial charge in [0.05, 0.1) is 6.20 Å². The van der Waals surface area contributed by atoms with Crippen molar-refractivity contribution in [3.63, 3.8) is 0 Å². The summed E-state index contributed by atoms with van der Waals surface area (Å²) in [5.74, 6) is -0.303. The smallest absolute Gasteiger partial charge is 0.321 e. The summed E-state index contributed by atoms with van der Waals surface area (Å²) in [6, 6.07) is -0.500. The summed E-state index contributed by atoms with van der Waals surface area (Å²) in [5.41, 5.74) is 0. The molecule has 0 saturated heterocycles. The molecule has 6 heteroatoms. The summed E-state index contributed by atoms with van der Waals surface area (Å²) in [7, 11) is 1.84. The van der Waals surface area contributed by atoms with E-state index >= 15 is 0 Å². The molecule has 0 amide bonds. The van der Waals surface area contributed by atoms with Crippen molar-refractivity contribution in [2.75, 3.05) is 12.3 Å². The van der Waals surface area contributed by atoms with E-state index in [1.807, 2.05) is 20.2 Å². The average Bonchev–Trinajstić information content (AvgIpc) is 2.58. The lowest BCUT2D eigenvalue weighted by Crippen LogP contribution is -2.38. The quantitative estimate of drug-likeness (QED) is 0.698. The van der Waals surface area contributed by atoms with E-state index in [0.717, 1.165) is 4.90 Å². The van der Waals surface area contributed by atoms with Gasteiger partial charge in [-0.15, -0.1) is 11.8 Å². The molecule has 0 aliphatic carbocycles. The largest absolute Gasteiger partial charge is 0.480 e. The van der Waals surface area contributed by atoms with Crippen molar-refractivity contribution in [3.8, 4) is 0 Å². The zero-order valence-electron chi connectivity index (χ0n) is 8.80. The molecule has 0 radical (unpaired) electrons. The number of carbonyl (C=O) groups is 1. The van der Waals surface area contributed by atoms with Gasteiger partial charge >= 0.3 is 5.97 Å². The Kier molecular flexibility index (Phi) is 4.64. The summed E-state index contributed by atoms with van der Waals surface area (Å²) in [4.78, 5) is 11.8. The summed E-state index contributed by atoms with van der Waals surface area (Å²) < 4.78 is 1.70. The minimum atomic E-state index is -0.812. The molecular formula is C9H15N3O2S. The van der Waals surface area contributed by atoms with Crippen LogP contribution in [0.15, 0.2) is 17.3 Å². The third kappa shape index (κ3) is 3.93. The monoisotopic (exact) mass is 229 g/mol. The van der Waals surface area contributed by atoms with Crippen LogP contribution in [0.2, 0.25) is 0 Å². The van der Waals surface area contributed by atoms with Crippen molar-refractivity contribution in [2.45, 2.75) is 17.9 Å². The number of hydrogen-bond acceptors (Lipinski definition) is 4. The van der Waals surface area contributed by atoms with Gasteiger partial charge in [0.2, 0.25) is 0 Å². The van der Waals surface area contributed by atoms with E-state index in [2.05, 4.69) is 10.4 Å². The van der Waals surface area contributed by atoms with Gasteiger partial charge in [0, 0.05) is 23.9 Å². The van der Waals surface area contributed by atoms with Crippen LogP contribution in [-0.2, 0) is 11.8 Å². The molecule has 1 atom stereocenters. The van der Waals surface area contributed by atoms with Crippen molar-refractivity contribution in [3.05, 3.63) is 12.4 Å². The Balaban J connectivity index is 2.43. The fourth-order valence-electron chi connectivity index (χ4n) is 1.12. The summed E-state index contributed by atoms with van der Waals surface area (Å²) in [6.07, 6.45) is 3.60. The highest BCUT2D eigenvalue weighted by atomic mass is 32.2. The number of nitrogens with zero attached hydrogens (tertiary/aromatic N) is 2. The van der Waals surface area contributed by atoms with E-state index in [-0.39, 0.29) is 0 Å². The van der Waals surface area contributed by atoms with Gasteiger partial charge in [-0.2, -0.15) is 5.10 Å². The van der Waals surface area contributed by atoms with E-state index < -0.39 is 12.0 Å². The van der Waals surface area contributed by atoms with Crippen molar-refractivity contribution in [1.82, 2.24) is 15.1 Å². The maximum atomic E-state index is 10.8. The molecule has 0 bridgehead atoms. The molecule has 5 nitrogen and oxygen atoms in total. The van der Waals surface area contributed by atoms with Gasteiger partial charge in [0.15, 0.2) is 0 Å². The molecule has 1 aromatic rings. The molecule has 0 aliphatic rings. The zero-order chi connectivity index (χ0) is 11.3. The van der Waals surface area contributed by atoms with Gasteiger partial charge in [-0.25, -0.2) is 0 Å². The van der Waals surface area contributed by atoms with Crippen molar-refractivity contribution < 1.29 is 9.90 Å². The van der Waals surface area contributed by atoms with Gasteiger partial charge in [-0.05, 0) is 6.54 Å². The van der Waals surface area contributed by atoms with Crippen LogP contribution in [0.3, 0.4) is 0 Å². The maximum Gasteiger partial charge on any atom is 0.321 e. The van der Waals surface area contributed by atoms with Crippen LogP contribution < -0.4 is 5.32 Å². The highest BCUT2D eigenvalue weighted by molar-refractivity contribution is 7.99. The number of carboxylic acid groups (broad SMARTS) is 1. The number of aryl methyl sites for hydroxylation is 1. The Morgan fingerprint density at radius 3 is 3.00 bits per heavy atom. The van der Waals surface area contributed by atoms with E-state index in [4.69, 9.17) is 5.11 Å². The topological polar surface area (TPSA) is 67.2 Å². The lowest BCUT2D eigenvalue weighted by atomic mass is 10.3. The van der Waals surface area contributed by atoms with Crippen LogP contribution >= 0.6 is 11.8 Å². The van der Waals surface area contributed by atoms with E-state index in [1.54, 1.807) is 10.9 Å². The number of aliphatic carboxylic acids is 1. The van der Waals surface area contributed by atoms with Crippen LogP contribution in [0.5, 0.6) is 0 Å². The Morgan fingerprint density at radius 1 is 1.80 bits per heavy atom. The molecular weight excluding hydrogens is 214 g/mol. The number of likely N-dealkylation sites (N-methyl/N-ethyl adjacent to an activating group) is 1. The van der Waals surface area contributed by atoms with Gasteiger partial charge < -0.3 is 10.4 Å². The minimum Gasteiger partial charge on any atom is -0.480 e. The third-order valence-electron chi connectivity index (χ3n) is 1.85. The lowest BCUT2D eigenvalue weighted by molar-refractivity contribution is -0.138. The van der Waals surface area contributed by atoms with E-state index in [9.17, 15) is 4.79 Å². The summed E-state index contributed by atoms with van der Waals surface area (Å²) in [6.45, 7) is 2.55. The van der Waals surface area contributed by atoms with Gasteiger partial charge in [-0.1, -0.05) is 6.92 Å². The van der Waals surface area contributed by atoms with Crippen LogP contribution in [0.1, 0.15) is 6.92 Å². The molecule has 1 heterocycles. The second-order valence-corrected chi connectivity index (χ2v) is 4.20. The Bertz CT molecular complexity index is 327. The highest BCUT2D eigenvalue weighted by Crippen LogP contribution is 2.17. The molecule has 1 rings (SSSR count). The van der Waals surface area contributed by atoms with Gasteiger partial charge in [0.25, 0.3) is 0 Å². The first-order valence-electron chi connectivity index (χ1n) is 4.71. The fourth-order valence-corrected chi connectivity index (χ4v) is 2.09. The fraction of sp³-hybridized carbons (Fsp3) is 0.556. The first-order valence-corrected chi connectivity index (χ1v) is 5.69. The normalized spacial score (nSPS) is 12.7. The Morgan fingerprint density at radius 2 is 2.53 bits per heavy atom. The van der Waals surface area contributed by atoms with Crippen LogP contribution in [0, 0.1) is 0 Å². The molecule has 0 aromatic carbocycles. The third-order valence-corrected chi connectivity index (χ3v) is 2.89. The highest BCUT2D eigenvalue weighted by Gasteiger charge is 2.16. The number of carboxylic acids is 1. The van der Waals surface area contributed by atoms with Crippen molar-refractivity contribution in [1.29, 1.82) is 0 Å². The number of aromatic nitrogens is 2. The number of nitrogens with one attached hydrogen (secondary N) is 1. The zero-order valence-corrected chi connectivity index (χ0v) is 9.62. The number of thioether (sulfide) groups is 1. The van der Waals surface area contributed by atoms with Crippen LogP contribution in [0.4, 0.5) is 0 Å². The number of hydrogen-bond donors (Lipinski definition) is 2. The average molecular weight is 229 g/mol. The first kappa shape index (κ1) is 12.1. The van der Waals surface area contributed by atoms with E-state index in [0.29, 0.717) is 12.3 Å². The van der Waals surface area contributed by atoms with Gasteiger partial charge in [0.1, 0.15) is 6.04 Å². The summed E-state index contributed by atoms with van der Waals surface area (Å²) in [5, 5.41) is 15.8. The molecule has 1 unspecified atom stereocenters. The molecule has 0 aliphatic heterocycles. The second kappa shape index (κ2) is 5.77. The van der Waals surface area contributed by atoms with Crippen LogP contribution in [0.25, 0.3) is 0 Å². The molecule has 1 aromatic heterocycles. The Hall–Kier alpha value is -1.01. The maximum absolute atomic E-state index is 10.8. The standard InChI is InChI=1S/C9H15N3O2S/c1-3-10-8(9(13)14)6-15-7-4-11-12(2)5-7/h4-5,8,10H,3,6H2,1-2H3,(H,13,14). The molecule has 15 heavy (non-hydrogen) atoms. The molecule has 0 saturated carbocycles. The van der Waals surface area contributed by atoms with Crippen LogP contribution in [-0.4, -0.2) is 39.2 Å². The minimum absolute atomic E-state index is 0.500. The molecule has 0 fully saturated rings. The Labute approximate surface area is 92.9 Å². The predicted molar refractivity (Wildman–Crippen MR) is 59.0 cm³/mol. The molecule has 0 spiro atoms. The SMILES string of the molecule is CCNC(CSc1cnn(C)c1)C(=O)O. The number of rotatable bonds is 6. The molecule has 84 valence electrons. The molecule has 2 N–H and O–H groups in total. The van der Waals surface area contributed by atoms with Gasteiger partial charge in [-0.3, -0.25) is 9.48 Å². The summed E-state index contributed by atoms with van der Waals surface area (Å²) >= 11 is 1.49.